The lowest BCUT2D eigenvalue weighted by atomic mass is 10.2. The summed E-state index contributed by atoms with van der Waals surface area (Å²) in [7, 11) is 1.40. The fourth-order valence-corrected chi connectivity index (χ4v) is 3.03. The van der Waals surface area contributed by atoms with E-state index in [0.29, 0.717) is 12.2 Å². The van der Waals surface area contributed by atoms with Crippen LogP contribution in [0, 0.1) is 0 Å². The van der Waals surface area contributed by atoms with Crippen LogP contribution >= 0.6 is 0 Å². The topological polar surface area (TPSA) is 174 Å². The number of hydrogen-bond donors (Lipinski definition) is 3. The number of phenols is 1. The average molecular weight is 444 g/mol. The highest BCUT2D eigenvalue weighted by molar-refractivity contribution is 5.81. The number of phenolic OH excluding ortho intramolecular Hbond substituents is 1. The molecule has 0 saturated heterocycles. The molecule has 0 amide bonds. The van der Waals surface area contributed by atoms with Gasteiger partial charge in [-0.25, -0.2) is 19.2 Å². The monoisotopic (exact) mass is 444 g/mol. The second-order valence-corrected chi connectivity index (χ2v) is 6.57. The summed E-state index contributed by atoms with van der Waals surface area (Å²) >= 11 is 0. The maximum Gasteiger partial charge on any atom is 0.419 e. The first-order valence-corrected chi connectivity index (χ1v) is 9.26. The van der Waals surface area contributed by atoms with Crippen LogP contribution in [0.3, 0.4) is 0 Å². The highest BCUT2D eigenvalue weighted by Crippen LogP contribution is 2.31. The molecule has 0 aliphatic rings. The molecule has 0 fully saturated rings. The zero-order valence-electron chi connectivity index (χ0n) is 16.6. The van der Waals surface area contributed by atoms with Gasteiger partial charge in [0.25, 0.3) is 0 Å². The van der Waals surface area contributed by atoms with Crippen LogP contribution in [0.5, 0.6) is 23.0 Å². The molecule has 3 N–H and O–H groups in total. The summed E-state index contributed by atoms with van der Waals surface area (Å²) in [5.41, 5.74) is -1.27. The number of fused-ring (bicyclic) bond motifs is 2. The largest absolute Gasteiger partial charge is 0.504 e. The van der Waals surface area contributed by atoms with Crippen LogP contribution in [0.25, 0.3) is 21.8 Å². The van der Waals surface area contributed by atoms with E-state index in [4.69, 9.17) is 14.2 Å². The van der Waals surface area contributed by atoms with Crippen molar-refractivity contribution >= 4 is 21.8 Å². The van der Waals surface area contributed by atoms with Crippen LogP contribution < -0.4 is 37.0 Å². The van der Waals surface area contributed by atoms with Crippen molar-refractivity contribution in [3.05, 3.63) is 66.2 Å². The van der Waals surface area contributed by atoms with Crippen LogP contribution in [0.2, 0.25) is 0 Å². The summed E-state index contributed by atoms with van der Waals surface area (Å²) in [5, 5.41) is 10.2. The van der Waals surface area contributed by atoms with E-state index < -0.39 is 22.8 Å². The normalized spacial score (nSPS) is 11.0. The predicted molar refractivity (Wildman–Crippen MR) is 110 cm³/mol. The van der Waals surface area contributed by atoms with E-state index in [2.05, 4.69) is 18.8 Å². The zero-order chi connectivity index (χ0) is 22.8. The van der Waals surface area contributed by atoms with Gasteiger partial charge < -0.3 is 28.2 Å². The maximum absolute atomic E-state index is 11.8. The van der Waals surface area contributed by atoms with E-state index in [0.717, 1.165) is 6.07 Å². The van der Waals surface area contributed by atoms with Gasteiger partial charge in [0, 0.05) is 30.7 Å². The van der Waals surface area contributed by atoms with Gasteiger partial charge in [0.05, 0.1) is 42.1 Å². The van der Waals surface area contributed by atoms with Crippen molar-refractivity contribution in [3.63, 3.8) is 0 Å². The third-order valence-corrected chi connectivity index (χ3v) is 4.49. The number of aromatic nitrogens is 2. The molecule has 0 spiro atoms. The van der Waals surface area contributed by atoms with Crippen molar-refractivity contribution in [1.82, 2.24) is 9.97 Å². The summed E-state index contributed by atoms with van der Waals surface area (Å²) in [4.78, 5) is 50.9. The van der Waals surface area contributed by atoms with Gasteiger partial charge in [-0.15, -0.1) is 0 Å². The van der Waals surface area contributed by atoms with Crippen molar-refractivity contribution in [2.24, 2.45) is 0 Å². The number of methoxy groups -OCH3 is 1. The quantitative estimate of drug-likeness (QED) is 0.346. The van der Waals surface area contributed by atoms with Crippen LogP contribution in [0.4, 0.5) is 0 Å². The highest BCUT2D eigenvalue weighted by Gasteiger charge is 2.12. The molecule has 166 valence electrons. The van der Waals surface area contributed by atoms with E-state index in [-0.39, 0.29) is 52.3 Å². The van der Waals surface area contributed by atoms with Gasteiger partial charge in [0.1, 0.15) is 0 Å². The number of H-pyrrole nitrogens is 2. The predicted octanol–water partition coefficient (Wildman–Crippen LogP) is 0.838. The minimum absolute atomic E-state index is 0.00765. The Morgan fingerprint density at radius 1 is 0.781 bits per heavy atom. The molecule has 0 bridgehead atoms. The molecule has 0 aliphatic carbocycles. The van der Waals surface area contributed by atoms with Crippen LogP contribution in [0.15, 0.2) is 52.3 Å². The van der Waals surface area contributed by atoms with E-state index in [1.807, 2.05) is 0 Å². The van der Waals surface area contributed by atoms with E-state index in [1.54, 1.807) is 0 Å². The lowest BCUT2D eigenvalue weighted by Crippen LogP contribution is -2.15. The lowest BCUT2D eigenvalue weighted by Gasteiger charge is -2.12. The summed E-state index contributed by atoms with van der Waals surface area (Å²) in [6.07, 6.45) is 0.375. The summed E-state index contributed by atoms with van der Waals surface area (Å²) in [6, 6.07) is 5.30. The molecule has 4 aromatic rings. The Balaban J connectivity index is 1.44. The number of benzene rings is 2. The van der Waals surface area contributed by atoms with Crippen molar-refractivity contribution in [2.75, 3.05) is 20.3 Å². The zero-order valence-corrected chi connectivity index (χ0v) is 16.6. The third kappa shape index (κ3) is 4.05. The van der Waals surface area contributed by atoms with Crippen molar-refractivity contribution < 1.29 is 28.2 Å². The second kappa shape index (κ2) is 8.34. The van der Waals surface area contributed by atoms with E-state index in [1.165, 1.54) is 25.3 Å². The lowest BCUT2D eigenvalue weighted by molar-refractivity contribution is 0.236. The Hall–Kier alpha value is -4.48. The third-order valence-electron chi connectivity index (χ3n) is 4.49. The van der Waals surface area contributed by atoms with E-state index in [9.17, 15) is 24.3 Å². The fourth-order valence-electron chi connectivity index (χ4n) is 3.03. The second-order valence-electron chi connectivity index (χ2n) is 6.57. The average Bonchev–Trinajstić information content (AvgIpc) is 2.73. The number of rotatable bonds is 7. The van der Waals surface area contributed by atoms with Gasteiger partial charge in [0.15, 0.2) is 23.0 Å². The Bertz CT molecular complexity index is 1540. The molecule has 2 heterocycles. The van der Waals surface area contributed by atoms with Crippen LogP contribution in [-0.4, -0.2) is 35.4 Å². The molecule has 2 aromatic heterocycles. The maximum atomic E-state index is 11.8. The first-order chi connectivity index (χ1) is 15.4. The molecule has 2 aromatic carbocycles. The summed E-state index contributed by atoms with van der Waals surface area (Å²) in [5.74, 6) is -1.48. The van der Waals surface area contributed by atoms with Crippen molar-refractivity contribution in [3.8, 4) is 23.0 Å². The molecule has 4 rings (SSSR count). The number of aromatic amines is 2. The summed E-state index contributed by atoms with van der Waals surface area (Å²) in [6.45, 7) is 0.295. The number of ether oxygens (including phenoxy) is 3. The first kappa shape index (κ1) is 20.8. The number of nitrogens with one attached hydrogen (secondary N) is 2. The first-order valence-electron chi connectivity index (χ1n) is 9.26. The van der Waals surface area contributed by atoms with Gasteiger partial charge >= 0.3 is 22.8 Å². The highest BCUT2D eigenvalue weighted by atomic mass is 16.5. The standard InChI is InChI=1S/C20H16N2O10/c1-28-15-6-10-12(22-20(27)32-18(10)25)8-16(15)30-4-2-3-29-14-7-11-9(5-13(14)23)17(24)31-19(26)21-11/h5-8,23H,2-4H2,1H3,(H,21,26)(H,22,27). The molecule has 0 aliphatic heterocycles. The molecular weight excluding hydrogens is 428 g/mol. The Labute approximate surface area is 176 Å². The minimum Gasteiger partial charge on any atom is -0.504 e. The fraction of sp³-hybridized carbons (Fsp3) is 0.200. The van der Waals surface area contributed by atoms with Gasteiger partial charge in [-0.3, -0.25) is 9.97 Å². The Morgan fingerprint density at radius 2 is 1.31 bits per heavy atom. The van der Waals surface area contributed by atoms with Crippen molar-refractivity contribution in [2.45, 2.75) is 6.42 Å². The molecule has 0 saturated carbocycles. The molecule has 12 nitrogen and oxygen atoms in total. The number of aromatic hydroxyl groups is 1. The molecule has 0 unspecified atom stereocenters. The number of hydrogen-bond acceptors (Lipinski definition) is 10. The smallest absolute Gasteiger partial charge is 0.419 e. The molecular formula is C20H16N2O10. The molecule has 0 atom stereocenters. The molecule has 32 heavy (non-hydrogen) atoms. The van der Waals surface area contributed by atoms with Crippen LogP contribution in [0.1, 0.15) is 6.42 Å². The minimum atomic E-state index is -0.920. The van der Waals surface area contributed by atoms with Gasteiger partial charge in [0.2, 0.25) is 0 Å². The van der Waals surface area contributed by atoms with Gasteiger partial charge in [-0.1, -0.05) is 0 Å². The Morgan fingerprint density at radius 3 is 1.91 bits per heavy atom. The van der Waals surface area contributed by atoms with Gasteiger partial charge in [-0.05, 0) is 0 Å². The van der Waals surface area contributed by atoms with Gasteiger partial charge in [-0.2, -0.15) is 0 Å². The molecule has 0 radical (unpaired) electrons. The Kier molecular flexibility index (Phi) is 5.41. The molecule has 12 heteroatoms. The van der Waals surface area contributed by atoms with Crippen molar-refractivity contribution in [1.29, 1.82) is 0 Å². The SMILES string of the molecule is COc1cc2c(=O)oc(=O)[nH]c2cc1OCCCOc1cc2[nH]c(=O)oc(=O)c2cc1O. The van der Waals surface area contributed by atoms with E-state index >= 15 is 0 Å². The van der Waals surface area contributed by atoms with Crippen LogP contribution in [-0.2, 0) is 0 Å². The summed E-state index contributed by atoms with van der Waals surface area (Å²) < 4.78 is 25.3.